The van der Waals surface area contributed by atoms with E-state index in [1.54, 1.807) is 12.4 Å². The van der Waals surface area contributed by atoms with E-state index in [0.29, 0.717) is 18.4 Å². The maximum absolute atomic E-state index is 12.3. The molecule has 1 unspecified atom stereocenters. The number of nitrogens with zero attached hydrogens (tertiary/aromatic N) is 2. The summed E-state index contributed by atoms with van der Waals surface area (Å²) in [6.45, 7) is 7.13. The highest BCUT2D eigenvalue weighted by Gasteiger charge is 2.23. The second-order valence-electron chi connectivity index (χ2n) is 5.94. The third kappa shape index (κ3) is 4.60. The van der Waals surface area contributed by atoms with Crippen LogP contribution in [-0.4, -0.2) is 41.5 Å². The zero-order valence-corrected chi connectivity index (χ0v) is 12.5. The highest BCUT2D eigenvalue weighted by Crippen LogP contribution is 2.17. The zero-order valence-electron chi connectivity index (χ0n) is 12.5. The van der Waals surface area contributed by atoms with Gasteiger partial charge in [-0.05, 0) is 43.0 Å². The number of piperidine rings is 1. The molecule has 2 rings (SSSR count). The van der Waals surface area contributed by atoms with Crippen molar-refractivity contribution < 1.29 is 4.79 Å². The van der Waals surface area contributed by atoms with Crippen LogP contribution in [0.1, 0.15) is 32.3 Å². The molecule has 110 valence electrons. The van der Waals surface area contributed by atoms with E-state index in [1.807, 2.05) is 17.0 Å². The van der Waals surface area contributed by atoms with Gasteiger partial charge in [0.1, 0.15) is 0 Å². The zero-order chi connectivity index (χ0) is 14.4. The van der Waals surface area contributed by atoms with Crippen LogP contribution < -0.4 is 5.32 Å². The molecule has 1 amide bonds. The van der Waals surface area contributed by atoms with Crippen molar-refractivity contribution >= 4 is 5.91 Å². The van der Waals surface area contributed by atoms with Gasteiger partial charge in [0, 0.05) is 31.5 Å². The Kier molecular flexibility index (Phi) is 5.53. The van der Waals surface area contributed by atoms with E-state index in [4.69, 9.17) is 0 Å². The fraction of sp³-hybridized carbons (Fsp3) is 0.625. The van der Waals surface area contributed by atoms with Gasteiger partial charge in [-0.25, -0.2) is 0 Å². The molecule has 4 heteroatoms. The number of hydrogen-bond donors (Lipinski definition) is 1. The minimum atomic E-state index is 0.241. The Hall–Kier alpha value is -1.42. The predicted octanol–water partition coefficient (Wildman–Crippen LogP) is 1.86. The van der Waals surface area contributed by atoms with Crippen molar-refractivity contribution in [2.45, 2.75) is 39.2 Å². The molecule has 1 aliphatic heterocycles. The Balaban J connectivity index is 1.83. The number of pyridine rings is 1. The summed E-state index contributed by atoms with van der Waals surface area (Å²) in [7, 11) is 0. The van der Waals surface area contributed by atoms with Crippen LogP contribution >= 0.6 is 0 Å². The number of carbonyl (C=O) groups is 1. The first-order valence-electron chi connectivity index (χ1n) is 7.55. The largest absolute Gasteiger partial charge is 0.342 e. The highest BCUT2D eigenvalue weighted by atomic mass is 16.2. The van der Waals surface area contributed by atoms with Gasteiger partial charge >= 0.3 is 0 Å². The minimum absolute atomic E-state index is 0.241. The Morgan fingerprint density at radius 3 is 2.90 bits per heavy atom. The molecular formula is C16H25N3O. The van der Waals surface area contributed by atoms with Crippen molar-refractivity contribution in [3.63, 3.8) is 0 Å². The topological polar surface area (TPSA) is 45.2 Å². The number of nitrogens with one attached hydrogen (secondary N) is 1. The smallest absolute Gasteiger partial charge is 0.227 e. The quantitative estimate of drug-likeness (QED) is 0.892. The van der Waals surface area contributed by atoms with Gasteiger partial charge < -0.3 is 10.2 Å². The maximum Gasteiger partial charge on any atom is 0.227 e. The van der Waals surface area contributed by atoms with Gasteiger partial charge in [0.15, 0.2) is 0 Å². The maximum atomic E-state index is 12.3. The molecule has 0 radical (unpaired) electrons. The number of aromatic nitrogens is 1. The Labute approximate surface area is 121 Å². The molecule has 0 spiro atoms. The minimum Gasteiger partial charge on any atom is -0.342 e. The summed E-state index contributed by atoms with van der Waals surface area (Å²) in [5.41, 5.74) is 1.05. The second-order valence-corrected chi connectivity index (χ2v) is 5.94. The molecule has 1 N–H and O–H groups in total. The lowest BCUT2D eigenvalue weighted by molar-refractivity contribution is -0.132. The number of amides is 1. The Morgan fingerprint density at radius 1 is 1.45 bits per heavy atom. The average molecular weight is 275 g/mol. The Morgan fingerprint density at radius 2 is 2.20 bits per heavy atom. The van der Waals surface area contributed by atoms with E-state index in [1.165, 1.54) is 6.42 Å². The van der Waals surface area contributed by atoms with E-state index in [9.17, 15) is 4.79 Å². The fourth-order valence-corrected chi connectivity index (χ4v) is 2.65. The number of rotatable bonds is 5. The monoisotopic (exact) mass is 275 g/mol. The highest BCUT2D eigenvalue weighted by molar-refractivity contribution is 5.78. The van der Waals surface area contributed by atoms with Crippen molar-refractivity contribution in [2.75, 3.05) is 19.6 Å². The van der Waals surface area contributed by atoms with E-state index in [-0.39, 0.29) is 5.91 Å². The standard InChI is InChI=1S/C16H25N3O/c1-13(2)18-11-15-4-3-9-19(12-15)16(20)10-14-5-7-17-8-6-14/h5-8,13,15,18H,3-4,9-12H2,1-2H3. The first-order valence-corrected chi connectivity index (χ1v) is 7.55. The normalized spacial score (nSPS) is 19.4. The molecule has 0 saturated carbocycles. The van der Waals surface area contributed by atoms with Crippen molar-refractivity contribution in [1.82, 2.24) is 15.2 Å². The van der Waals surface area contributed by atoms with Crippen LogP contribution in [0.25, 0.3) is 0 Å². The first kappa shape index (κ1) is 15.0. The summed E-state index contributed by atoms with van der Waals surface area (Å²) < 4.78 is 0. The van der Waals surface area contributed by atoms with Gasteiger partial charge in [0.2, 0.25) is 5.91 Å². The van der Waals surface area contributed by atoms with Crippen LogP contribution in [0.2, 0.25) is 0 Å². The van der Waals surface area contributed by atoms with Crippen LogP contribution in [0, 0.1) is 5.92 Å². The van der Waals surface area contributed by atoms with Crippen molar-refractivity contribution in [3.8, 4) is 0 Å². The summed E-state index contributed by atoms with van der Waals surface area (Å²) in [4.78, 5) is 18.3. The molecule has 0 bridgehead atoms. The van der Waals surface area contributed by atoms with Crippen LogP contribution in [0.3, 0.4) is 0 Å². The van der Waals surface area contributed by atoms with E-state index >= 15 is 0 Å². The molecule has 1 atom stereocenters. The first-order chi connectivity index (χ1) is 9.65. The van der Waals surface area contributed by atoms with Gasteiger partial charge in [0.25, 0.3) is 0 Å². The number of carbonyl (C=O) groups excluding carboxylic acids is 1. The van der Waals surface area contributed by atoms with Gasteiger partial charge in [-0.2, -0.15) is 0 Å². The van der Waals surface area contributed by atoms with E-state index in [2.05, 4.69) is 24.1 Å². The molecule has 0 aliphatic carbocycles. The SMILES string of the molecule is CC(C)NCC1CCCN(C(=O)Cc2ccncc2)C1. The molecule has 1 aromatic heterocycles. The number of hydrogen-bond acceptors (Lipinski definition) is 3. The van der Waals surface area contributed by atoms with Crippen molar-refractivity contribution in [3.05, 3.63) is 30.1 Å². The van der Waals surface area contributed by atoms with Crippen LogP contribution in [0.15, 0.2) is 24.5 Å². The van der Waals surface area contributed by atoms with E-state index < -0.39 is 0 Å². The lowest BCUT2D eigenvalue weighted by Crippen LogP contribution is -2.44. The molecule has 1 fully saturated rings. The predicted molar refractivity (Wildman–Crippen MR) is 80.4 cm³/mol. The number of likely N-dealkylation sites (tertiary alicyclic amines) is 1. The lowest BCUT2D eigenvalue weighted by atomic mass is 9.97. The fourth-order valence-electron chi connectivity index (χ4n) is 2.65. The summed E-state index contributed by atoms with van der Waals surface area (Å²) in [6, 6.07) is 4.34. The molecule has 1 aromatic rings. The van der Waals surface area contributed by atoms with Crippen LogP contribution in [-0.2, 0) is 11.2 Å². The Bertz CT molecular complexity index is 419. The van der Waals surface area contributed by atoms with Gasteiger partial charge in [0.05, 0.1) is 6.42 Å². The molecule has 0 aromatic carbocycles. The third-order valence-electron chi connectivity index (χ3n) is 3.79. The lowest BCUT2D eigenvalue weighted by Gasteiger charge is -2.33. The van der Waals surface area contributed by atoms with Gasteiger partial charge in [-0.15, -0.1) is 0 Å². The van der Waals surface area contributed by atoms with Crippen molar-refractivity contribution in [2.24, 2.45) is 5.92 Å². The average Bonchev–Trinajstić information content (AvgIpc) is 2.46. The van der Waals surface area contributed by atoms with E-state index in [0.717, 1.165) is 31.6 Å². The molecule has 2 heterocycles. The second kappa shape index (κ2) is 7.39. The summed E-state index contributed by atoms with van der Waals surface area (Å²) >= 11 is 0. The molecule has 1 saturated heterocycles. The van der Waals surface area contributed by atoms with Gasteiger partial charge in [-0.3, -0.25) is 9.78 Å². The molecule has 1 aliphatic rings. The van der Waals surface area contributed by atoms with Gasteiger partial charge in [-0.1, -0.05) is 13.8 Å². The molecule has 20 heavy (non-hydrogen) atoms. The van der Waals surface area contributed by atoms with Crippen molar-refractivity contribution in [1.29, 1.82) is 0 Å². The summed E-state index contributed by atoms with van der Waals surface area (Å²) in [5.74, 6) is 0.831. The van der Waals surface area contributed by atoms with Crippen LogP contribution in [0.5, 0.6) is 0 Å². The summed E-state index contributed by atoms with van der Waals surface area (Å²) in [5, 5.41) is 3.48. The molecular weight excluding hydrogens is 250 g/mol. The third-order valence-corrected chi connectivity index (χ3v) is 3.79. The summed E-state index contributed by atoms with van der Waals surface area (Å²) in [6.07, 6.45) is 6.32. The van der Waals surface area contributed by atoms with Crippen LogP contribution in [0.4, 0.5) is 0 Å². The molecule has 4 nitrogen and oxygen atoms in total.